The molecular formula is C21H18ClN5O4S. The summed E-state index contributed by atoms with van der Waals surface area (Å²) in [4.78, 5) is 37.5. The summed E-state index contributed by atoms with van der Waals surface area (Å²) < 4.78 is 0. The highest BCUT2D eigenvalue weighted by Crippen LogP contribution is 2.35. The van der Waals surface area contributed by atoms with Crippen molar-refractivity contribution >= 4 is 51.3 Å². The first-order valence-corrected chi connectivity index (χ1v) is 10.9. The Morgan fingerprint density at radius 3 is 2.62 bits per heavy atom. The second-order valence-corrected chi connectivity index (χ2v) is 9.01. The van der Waals surface area contributed by atoms with Crippen LogP contribution in [-0.2, 0) is 4.79 Å². The molecule has 9 nitrogen and oxygen atoms in total. The van der Waals surface area contributed by atoms with E-state index in [1.54, 1.807) is 4.90 Å². The molecule has 32 heavy (non-hydrogen) atoms. The Morgan fingerprint density at radius 2 is 1.94 bits per heavy atom. The van der Waals surface area contributed by atoms with Crippen molar-refractivity contribution in [1.29, 1.82) is 0 Å². The molecule has 2 heterocycles. The summed E-state index contributed by atoms with van der Waals surface area (Å²) >= 11 is 6.95. The number of rotatable bonds is 5. The van der Waals surface area contributed by atoms with Gasteiger partial charge in [0.1, 0.15) is 10.6 Å². The van der Waals surface area contributed by atoms with Crippen LogP contribution in [0.2, 0.25) is 5.02 Å². The standard InChI is InChI=1S/C21H18ClN5O4S/c1-11-5-12(2)7-15(6-11)26-10-13(8-18(26)28)20-24-25-21(32-20)23-19(29)16-4-3-14(22)9-17(16)27(30)31/h3-7,9,13H,8,10H2,1-2H3,(H,23,25,29). The third kappa shape index (κ3) is 4.46. The number of aryl methyl sites for hydroxylation is 2. The molecule has 1 aliphatic heterocycles. The minimum absolute atomic E-state index is 0.00225. The van der Waals surface area contributed by atoms with Crippen molar-refractivity contribution < 1.29 is 14.5 Å². The molecule has 164 valence electrons. The lowest BCUT2D eigenvalue weighted by Gasteiger charge is -2.17. The second kappa shape index (κ2) is 8.64. The maximum atomic E-state index is 12.6. The summed E-state index contributed by atoms with van der Waals surface area (Å²) in [6, 6.07) is 9.80. The van der Waals surface area contributed by atoms with E-state index < -0.39 is 16.5 Å². The topological polar surface area (TPSA) is 118 Å². The van der Waals surface area contributed by atoms with Crippen molar-refractivity contribution in [2.24, 2.45) is 0 Å². The van der Waals surface area contributed by atoms with Crippen molar-refractivity contribution in [3.05, 3.63) is 73.2 Å². The fourth-order valence-corrected chi connectivity index (χ4v) is 4.69. The zero-order valence-electron chi connectivity index (χ0n) is 17.2. The van der Waals surface area contributed by atoms with Gasteiger partial charge in [-0.1, -0.05) is 29.0 Å². The first-order valence-electron chi connectivity index (χ1n) is 9.68. The number of hydrogen-bond donors (Lipinski definition) is 1. The second-order valence-electron chi connectivity index (χ2n) is 7.57. The van der Waals surface area contributed by atoms with Crippen LogP contribution in [0.5, 0.6) is 0 Å². The molecule has 2 amide bonds. The average molecular weight is 472 g/mol. The van der Waals surface area contributed by atoms with Crippen LogP contribution in [0.1, 0.15) is 38.8 Å². The Kier molecular flexibility index (Phi) is 5.90. The summed E-state index contributed by atoms with van der Waals surface area (Å²) in [6.07, 6.45) is 0.290. The van der Waals surface area contributed by atoms with E-state index in [9.17, 15) is 19.7 Å². The number of carbonyl (C=O) groups is 2. The van der Waals surface area contributed by atoms with Gasteiger partial charge in [0.15, 0.2) is 0 Å². The number of nitrogens with zero attached hydrogens (tertiary/aromatic N) is 4. The lowest BCUT2D eigenvalue weighted by atomic mass is 10.1. The van der Waals surface area contributed by atoms with Crippen molar-refractivity contribution in [3.63, 3.8) is 0 Å². The molecule has 2 aromatic carbocycles. The summed E-state index contributed by atoms with van der Waals surface area (Å²) in [5, 5.41) is 22.9. The van der Waals surface area contributed by atoms with Gasteiger partial charge in [0.2, 0.25) is 11.0 Å². The molecular weight excluding hydrogens is 454 g/mol. The van der Waals surface area contributed by atoms with Gasteiger partial charge in [-0.15, -0.1) is 10.2 Å². The number of hydrogen-bond acceptors (Lipinski definition) is 7. The van der Waals surface area contributed by atoms with Crippen molar-refractivity contribution in [1.82, 2.24) is 10.2 Å². The Labute approximate surface area is 192 Å². The smallest absolute Gasteiger partial charge is 0.283 e. The van der Waals surface area contributed by atoms with Crippen LogP contribution in [0, 0.1) is 24.0 Å². The number of nitro groups is 1. The highest BCUT2D eigenvalue weighted by atomic mass is 35.5. The fourth-order valence-electron chi connectivity index (χ4n) is 3.69. The van der Waals surface area contributed by atoms with Crippen LogP contribution in [0.4, 0.5) is 16.5 Å². The molecule has 1 aromatic heterocycles. The summed E-state index contributed by atoms with van der Waals surface area (Å²) in [7, 11) is 0. The predicted molar refractivity (Wildman–Crippen MR) is 122 cm³/mol. The van der Waals surface area contributed by atoms with E-state index in [0.29, 0.717) is 11.6 Å². The molecule has 0 saturated carbocycles. The van der Waals surface area contributed by atoms with Gasteiger partial charge in [0.05, 0.1) is 4.92 Å². The summed E-state index contributed by atoms with van der Waals surface area (Å²) in [6.45, 7) is 4.44. The predicted octanol–water partition coefficient (Wildman–Crippen LogP) is 4.49. The average Bonchev–Trinajstić information content (AvgIpc) is 3.33. The van der Waals surface area contributed by atoms with Gasteiger partial charge in [-0.3, -0.25) is 25.0 Å². The molecule has 1 N–H and O–H groups in total. The van der Waals surface area contributed by atoms with E-state index in [-0.39, 0.29) is 34.0 Å². The number of nitro benzene ring substituents is 1. The highest BCUT2D eigenvalue weighted by Gasteiger charge is 2.34. The quantitative estimate of drug-likeness (QED) is 0.432. The maximum Gasteiger partial charge on any atom is 0.283 e. The number of halogens is 1. The lowest BCUT2D eigenvalue weighted by Crippen LogP contribution is -2.24. The van der Waals surface area contributed by atoms with Gasteiger partial charge in [-0.25, -0.2) is 0 Å². The van der Waals surface area contributed by atoms with E-state index in [0.717, 1.165) is 34.2 Å². The molecule has 1 aliphatic rings. The van der Waals surface area contributed by atoms with Gasteiger partial charge in [0, 0.05) is 35.7 Å². The Hall–Kier alpha value is -3.37. The van der Waals surface area contributed by atoms with E-state index in [4.69, 9.17) is 11.6 Å². The number of benzene rings is 2. The first kappa shape index (κ1) is 21.8. The maximum absolute atomic E-state index is 12.6. The van der Waals surface area contributed by atoms with Gasteiger partial charge in [0.25, 0.3) is 11.6 Å². The number of nitrogens with one attached hydrogen (secondary N) is 1. The van der Waals surface area contributed by atoms with Crippen LogP contribution in [-0.4, -0.2) is 33.5 Å². The largest absolute Gasteiger partial charge is 0.312 e. The SMILES string of the molecule is Cc1cc(C)cc(N2CC(c3nnc(NC(=O)c4ccc(Cl)cc4[N+](=O)[O-])s3)CC2=O)c1. The van der Waals surface area contributed by atoms with Crippen LogP contribution in [0.3, 0.4) is 0 Å². The number of carbonyl (C=O) groups excluding carboxylic acids is 2. The lowest BCUT2D eigenvalue weighted by molar-refractivity contribution is -0.385. The Balaban J connectivity index is 1.49. The Morgan fingerprint density at radius 1 is 1.22 bits per heavy atom. The Bertz CT molecular complexity index is 1220. The molecule has 1 saturated heterocycles. The minimum Gasteiger partial charge on any atom is -0.312 e. The van der Waals surface area contributed by atoms with Crippen molar-refractivity contribution in [2.45, 2.75) is 26.2 Å². The monoisotopic (exact) mass is 471 g/mol. The number of aromatic nitrogens is 2. The van der Waals surface area contributed by atoms with Crippen LogP contribution < -0.4 is 10.2 Å². The molecule has 1 fully saturated rings. The normalized spacial score (nSPS) is 15.8. The molecule has 0 bridgehead atoms. The van der Waals surface area contributed by atoms with E-state index in [1.807, 2.05) is 32.0 Å². The molecule has 4 rings (SSSR count). The minimum atomic E-state index is -0.685. The van der Waals surface area contributed by atoms with E-state index >= 15 is 0 Å². The van der Waals surface area contributed by atoms with Gasteiger partial charge < -0.3 is 4.90 Å². The van der Waals surface area contributed by atoms with Crippen molar-refractivity contribution in [2.75, 3.05) is 16.8 Å². The molecule has 1 unspecified atom stereocenters. The van der Waals surface area contributed by atoms with E-state index in [1.165, 1.54) is 12.1 Å². The van der Waals surface area contributed by atoms with Crippen LogP contribution in [0.25, 0.3) is 0 Å². The number of anilines is 2. The third-order valence-corrected chi connectivity index (χ3v) is 6.29. The zero-order valence-corrected chi connectivity index (χ0v) is 18.7. The highest BCUT2D eigenvalue weighted by molar-refractivity contribution is 7.15. The fraction of sp³-hybridized carbons (Fsp3) is 0.238. The van der Waals surface area contributed by atoms with Gasteiger partial charge in [-0.2, -0.15) is 0 Å². The summed E-state index contributed by atoms with van der Waals surface area (Å²) in [5.41, 5.74) is 2.48. The molecule has 11 heteroatoms. The van der Waals surface area contributed by atoms with E-state index in [2.05, 4.69) is 15.5 Å². The van der Waals surface area contributed by atoms with Crippen LogP contribution >= 0.6 is 22.9 Å². The molecule has 0 radical (unpaired) electrons. The molecule has 0 spiro atoms. The molecule has 0 aliphatic carbocycles. The number of amides is 2. The zero-order chi connectivity index (χ0) is 23.0. The van der Waals surface area contributed by atoms with Gasteiger partial charge in [-0.05, 0) is 49.2 Å². The molecule has 1 atom stereocenters. The molecule has 3 aromatic rings. The first-order chi connectivity index (χ1) is 15.2. The third-order valence-electron chi connectivity index (χ3n) is 5.05. The van der Waals surface area contributed by atoms with Crippen LogP contribution in [0.15, 0.2) is 36.4 Å². The van der Waals surface area contributed by atoms with Gasteiger partial charge >= 0.3 is 0 Å². The summed E-state index contributed by atoms with van der Waals surface area (Å²) in [5.74, 6) is -0.843. The van der Waals surface area contributed by atoms with Crippen molar-refractivity contribution in [3.8, 4) is 0 Å².